The van der Waals surface area contributed by atoms with Crippen molar-refractivity contribution in [2.24, 2.45) is 5.92 Å². The van der Waals surface area contributed by atoms with Crippen LogP contribution in [0.25, 0.3) is 0 Å². The zero-order chi connectivity index (χ0) is 12.8. The number of benzene rings is 1. The Labute approximate surface area is 117 Å². The molecule has 0 fully saturated rings. The summed E-state index contributed by atoms with van der Waals surface area (Å²) in [4.78, 5) is 12.7. The lowest BCUT2D eigenvalue weighted by atomic mass is 10.1. The van der Waals surface area contributed by atoms with Gasteiger partial charge in [-0.15, -0.1) is 12.6 Å². The van der Waals surface area contributed by atoms with Gasteiger partial charge in [-0.3, -0.25) is 4.79 Å². The molecule has 94 valence electrons. The molecule has 0 heterocycles. The van der Waals surface area contributed by atoms with Gasteiger partial charge >= 0.3 is 0 Å². The number of thiol groups is 1. The molecule has 0 aromatic heterocycles. The first-order chi connectivity index (χ1) is 8.00. The zero-order valence-electron chi connectivity index (χ0n) is 10.2. The van der Waals surface area contributed by atoms with Gasteiger partial charge in [0, 0.05) is 15.9 Å². The Bertz CT molecular complexity index is 393. The van der Waals surface area contributed by atoms with E-state index in [1.54, 1.807) is 6.07 Å². The molecule has 0 aliphatic heterocycles. The predicted molar refractivity (Wildman–Crippen MR) is 77.8 cm³/mol. The van der Waals surface area contributed by atoms with Crippen molar-refractivity contribution in [3.05, 3.63) is 28.2 Å². The quantitative estimate of drug-likeness (QED) is 0.626. The van der Waals surface area contributed by atoms with Crippen LogP contribution in [-0.2, 0) is 0 Å². The molecule has 0 atom stereocenters. The first kappa shape index (κ1) is 14.6. The van der Waals surface area contributed by atoms with E-state index in [0.29, 0.717) is 11.5 Å². The minimum Gasteiger partial charge on any atom is -0.352 e. The van der Waals surface area contributed by atoms with Crippen molar-refractivity contribution in [1.82, 2.24) is 5.32 Å². The fraction of sp³-hybridized carbons (Fsp3) is 0.462. The Morgan fingerprint density at radius 3 is 2.82 bits per heavy atom. The van der Waals surface area contributed by atoms with Gasteiger partial charge in [0.1, 0.15) is 0 Å². The van der Waals surface area contributed by atoms with E-state index in [0.717, 1.165) is 28.8 Å². The van der Waals surface area contributed by atoms with E-state index in [1.165, 1.54) is 0 Å². The second kappa shape index (κ2) is 7.07. The summed E-state index contributed by atoms with van der Waals surface area (Å²) >= 11 is 7.60. The SMILES string of the molecule is CC(C)CCCNC(=O)c1cc(S)ccc1Br. The van der Waals surface area contributed by atoms with E-state index in [1.807, 2.05) is 12.1 Å². The molecule has 1 amide bonds. The number of halogens is 1. The highest BCUT2D eigenvalue weighted by molar-refractivity contribution is 9.10. The summed E-state index contributed by atoms with van der Waals surface area (Å²) in [5.74, 6) is 0.635. The first-order valence-corrected chi connectivity index (χ1v) is 7.01. The Morgan fingerprint density at radius 1 is 1.47 bits per heavy atom. The molecule has 1 aromatic rings. The molecular formula is C13H18BrNOS. The number of amides is 1. The minimum absolute atomic E-state index is 0.0449. The molecule has 0 aliphatic carbocycles. The standard InChI is InChI=1S/C13H18BrNOS/c1-9(2)4-3-7-15-13(16)11-8-10(17)5-6-12(11)14/h5-6,8-9,17H,3-4,7H2,1-2H3,(H,15,16). The molecule has 0 spiro atoms. The highest BCUT2D eigenvalue weighted by Gasteiger charge is 2.09. The predicted octanol–water partition coefficient (Wildman–Crippen LogP) is 3.90. The monoisotopic (exact) mass is 315 g/mol. The van der Waals surface area contributed by atoms with Crippen LogP contribution in [0, 0.1) is 5.92 Å². The second-order valence-electron chi connectivity index (χ2n) is 4.46. The van der Waals surface area contributed by atoms with E-state index >= 15 is 0 Å². The van der Waals surface area contributed by atoms with Gasteiger partial charge in [0.25, 0.3) is 5.91 Å². The Balaban J connectivity index is 2.49. The van der Waals surface area contributed by atoms with Gasteiger partial charge in [-0.05, 0) is 52.9 Å². The maximum Gasteiger partial charge on any atom is 0.252 e. The molecule has 0 saturated carbocycles. The Kier molecular flexibility index (Phi) is 6.06. The van der Waals surface area contributed by atoms with Crippen molar-refractivity contribution >= 4 is 34.5 Å². The fourth-order valence-electron chi connectivity index (χ4n) is 1.49. The molecule has 1 rings (SSSR count). The number of carbonyl (C=O) groups excluding carboxylic acids is 1. The molecule has 2 nitrogen and oxygen atoms in total. The van der Waals surface area contributed by atoms with Crippen LogP contribution in [0.5, 0.6) is 0 Å². The fourth-order valence-corrected chi connectivity index (χ4v) is 2.13. The van der Waals surface area contributed by atoms with E-state index in [2.05, 4.69) is 47.7 Å². The highest BCUT2D eigenvalue weighted by atomic mass is 79.9. The zero-order valence-corrected chi connectivity index (χ0v) is 12.6. The van der Waals surface area contributed by atoms with Crippen molar-refractivity contribution in [3.63, 3.8) is 0 Å². The number of hydrogen-bond acceptors (Lipinski definition) is 2. The topological polar surface area (TPSA) is 29.1 Å². The van der Waals surface area contributed by atoms with Gasteiger partial charge in [-0.25, -0.2) is 0 Å². The largest absolute Gasteiger partial charge is 0.352 e. The Hall–Kier alpha value is -0.480. The van der Waals surface area contributed by atoms with E-state index in [4.69, 9.17) is 0 Å². The maximum atomic E-state index is 11.9. The van der Waals surface area contributed by atoms with Crippen molar-refractivity contribution in [3.8, 4) is 0 Å². The summed E-state index contributed by atoms with van der Waals surface area (Å²) in [5.41, 5.74) is 0.641. The molecule has 0 bridgehead atoms. The normalized spacial score (nSPS) is 10.6. The molecule has 1 aromatic carbocycles. The van der Waals surface area contributed by atoms with Crippen molar-refractivity contribution in [2.75, 3.05) is 6.54 Å². The molecule has 0 radical (unpaired) electrons. The smallest absolute Gasteiger partial charge is 0.252 e. The van der Waals surface area contributed by atoms with Gasteiger partial charge in [-0.2, -0.15) is 0 Å². The van der Waals surface area contributed by atoms with E-state index in [-0.39, 0.29) is 5.91 Å². The summed E-state index contributed by atoms with van der Waals surface area (Å²) in [7, 11) is 0. The van der Waals surface area contributed by atoms with Crippen LogP contribution >= 0.6 is 28.6 Å². The van der Waals surface area contributed by atoms with Crippen LogP contribution in [0.15, 0.2) is 27.6 Å². The summed E-state index contributed by atoms with van der Waals surface area (Å²) in [6.45, 7) is 5.09. The minimum atomic E-state index is -0.0449. The van der Waals surface area contributed by atoms with Gasteiger partial charge < -0.3 is 5.32 Å². The van der Waals surface area contributed by atoms with Crippen LogP contribution < -0.4 is 5.32 Å². The lowest BCUT2D eigenvalue weighted by Gasteiger charge is -2.08. The average Bonchev–Trinajstić information content (AvgIpc) is 2.27. The van der Waals surface area contributed by atoms with Crippen LogP contribution in [0.1, 0.15) is 37.0 Å². The lowest BCUT2D eigenvalue weighted by molar-refractivity contribution is 0.0951. The molecule has 17 heavy (non-hydrogen) atoms. The lowest BCUT2D eigenvalue weighted by Crippen LogP contribution is -2.25. The maximum absolute atomic E-state index is 11.9. The summed E-state index contributed by atoms with van der Waals surface area (Å²) in [6.07, 6.45) is 2.15. The second-order valence-corrected chi connectivity index (χ2v) is 5.83. The molecule has 0 saturated heterocycles. The number of nitrogens with one attached hydrogen (secondary N) is 1. The average molecular weight is 316 g/mol. The molecule has 1 N–H and O–H groups in total. The van der Waals surface area contributed by atoms with Gasteiger partial charge in [0.15, 0.2) is 0 Å². The van der Waals surface area contributed by atoms with Crippen molar-refractivity contribution < 1.29 is 4.79 Å². The van der Waals surface area contributed by atoms with Gasteiger partial charge in [0.05, 0.1) is 5.56 Å². The number of rotatable bonds is 5. The number of hydrogen-bond donors (Lipinski definition) is 2. The van der Waals surface area contributed by atoms with Crippen LogP contribution in [0.3, 0.4) is 0 Å². The molecule has 4 heteroatoms. The van der Waals surface area contributed by atoms with Gasteiger partial charge in [0.2, 0.25) is 0 Å². The third kappa shape index (κ3) is 5.13. The molecule has 0 unspecified atom stereocenters. The van der Waals surface area contributed by atoms with Gasteiger partial charge in [-0.1, -0.05) is 13.8 Å². The third-order valence-electron chi connectivity index (χ3n) is 2.44. The van der Waals surface area contributed by atoms with E-state index < -0.39 is 0 Å². The summed E-state index contributed by atoms with van der Waals surface area (Å²) in [5, 5.41) is 2.92. The first-order valence-electron chi connectivity index (χ1n) is 5.77. The van der Waals surface area contributed by atoms with Crippen molar-refractivity contribution in [2.45, 2.75) is 31.6 Å². The number of carbonyl (C=O) groups is 1. The summed E-state index contributed by atoms with van der Waals surface area (Å²) in [6, 6.07) is 5.46. The molecule has 0 aliphatic rings. The highest BCUT2D eigenvalue weighted by Crippen LogP contribution is 2.20. The Morgan fingerprint density at radius 2 is 2.18 bits per heavy atom. The third-order valence-corrected chi connectivity index (χ3v) is 3.41. The molecular weight excluding hydrogens is 298 g/mol. The van der Waals surface area contributed by atoms with Crippen LogP contribution in [-0.4, -0.2) is 12.5 Å². The van der Waals surface area contributed by atoms with Crippen LogP contribution in [0.4, 0.5) is 0 Å². The summed E-state index contributed by atoms with van der Waals surface area (Å²) < 4.78 is 0.802. The van der Waals surface area contributed by atoms with Crippen molar-refractivity contribution in [1.29, 1.82) is 0 Å². The van der Waals surface area contributed by atoms with Crippen LogP contribution in [0.2, 0.25) is 0 Å². The van der Waals surface area contributed by atoms with E-state index in [9.17, 15) is 4.79 Å².